The van der Waals surface area contributed by atoms with Crippen molar-refractivity contribution in [1.29, 1.82) is 0 Å². The number of aliphatic imine (C=N–C) groups is 1. The number of morpholine rings is 1. The third-order valence-electron chi connectivity index (χ3n) is 5.80. The zero-order valence-corrected chi connectivity index (χ0v) is 20.5. The number of fused-ring (bicyclic) bond motifs is 1. The molecule has 0 amide bonds. The molecule has 1 aromatic rings. The molecule has 0 radical (unpaired) electrons. The van der Waals surface area contributed by atoms with Gasteiger partial charge >= 0.3 is 0 Å². The van der Waals surface area contributed by atoms with E-state index in [4.69, 9.17) is 18.9 Å². The van der Waals surface area contributed by atoms with Crippen molar-refractivity contribution in [3.8, 4) is 11.5 Å². The van der Waals surface area contributed by atoms with Crippen LogP contribution in [0.5, 0.6) is 11.5 Å². The highest BCUT2D eigenvalue weighted by atomic mass is 127. The Morgan fingerprint density at radius 2 is 2.10 bits per heavy atom. The number of benzene rings is 1. The van der Waals surface area contributed by atoms with Crippen LogP contribution in [0, 0.1) is 0 Å². The minimum absolute atomic E-state index is 0. The Morgan fingerprint density at radius 1 is 1.27 bits per heavy atom. The van der Waals surface area contributed by atoms with Crippen molar-refractivity contribution >= 4 is 29.9 Å². The number of hydrogen-bond acceptors (Lipinski definition) is 5. The molecule has 7 nitrogen and oxygen atoms in total. The SMILES string of the molecule is CCOc1cc2c(cc1CNC(=NC)N1CCOC(C3CCCO3)C1)OC(C)C2.I. The first kappa shape index (κ1) is 23.4. The van der Waals surface area contributed by atoms with Crippen molar-refractivity contribution in [3.63, 3.8) is 0 Å². The molecule has 8 heteroatoms. The zero-order valence-electron chi connectivity index (χ0n) is 18.2. The highest BCUT2D eigenvalue weighted by molar-refractivity contribution is 14.0. The zero-order chi connectivity index (χ0) is 20.2. The topological polar surface area (TPSA) is 64.6 Å². The maximum absolute atomic E-state index is 5.98. The minimum atomic E-state index is 0. The van der Waals surface area contributed by atoms with Crippen LogP contribution in [0.3, 0.4) is 0 Å². The largest absolute Gasteiger partial charge is 0.494 e. The number of nitrogens with zero attached hydrogens (tertiary/aromatic N) is 2. The number of hydrogen-bond donors (Lipinski definition) is 1. The van der Waals surface area contributed by atoms with E-state index >= 15 is 0 Å². The molecular weight excluding hydrogens is 497 g/mol. The second-order valence-electron chi connectivity index (χ2n) is 7.94. The standard InChI is InChI=1S/C22H33N3O4.HI/c1-4-26-19-11-16-10-15(2)29-20(16)12-17(19)13-24-22(23-3)25-7-9-28-21(14-25)18-6-5-8-27-18;/h11-12,15,18,21H,4-10,13-14H2,1-3H3,(H,23,24);1H. The van der Waals surface area contributed by atoms with Gasteiger partial charge in [0.15, 0.2) is 5.96 Å². The van der Waals surface area contributed by atoms with Gasteiger partial charge in [0.2, 0.25) is 0 Å². The average Bonchev–Trinajstić information content (AvgIpc) is 3.38. The van der Waals surface area contributed by atoms with E-state index in [0.717, 1.165) is 62.0 Å². The third kappa shape index (κ3) is 5.31. The van der Waals surface area contributed by atoms with Crippen LogP contribution in [-0.2, 0) is 22.4 Å². The van der Waals surface area contributed by atoms with Crippen LogP contribution in [-0.4, -0.2) is 69.1 Å². The highest BCUT2D eigenvalue weighted by Gasteiger charge is 2.32. The van der Waals surface area contributed by atoms with Gasteiger partial charge in [-0.2, -0.15) is 0 Å². The van der Waals surface area contributed by atoms with Gasteiger partial charge in [0, 0.05) is 50.8 Å². The Morgan fingerprint density at radius 3 is 2.83 bits per heavy atom. The smallest absolute Gasteiger partial charge is 0.194 e. The molecule has 3 unspecified atom stereocenters. The van der Waals surface area contributed by atoms with Crippen molar-refractivity contribution in [3.05, 3.63) is 23.3 Å². The molecule has 3 aliphatic rings. The molecule has 0 spiro atoms. The number of guanidine groups is 1. The summed E-state index contributed by atoms with van der Waals surface area (Å²) >= 11 is 0. The highest BCUT2D eigenvalue weighted by Crippen LogP contribution is 2.35. The third-order valence-corrected chi connectivity index (χ3v) is 5.80. The van der Waals surface area contributed by atoms with Crippen molar-refractivity contribution in [2.24, 2.45) is 4.99 Å². The molecule has 4 rings (SSSR count). The van der Waals surface area contributed by atoms with Crippen LogP contribution in [0.1, 0.15) is 37.8 Å². The Kier molecular flexibility index (Phi) is 8.47. The van der Waals surface area contributed by atoms with Gasteiger partial charge in [-0.05, 0) is 38.8 Å². The van der Waals surface area contributed by atoms with Gasteiger partial charge in [-0.3, -0.25) is 4.99 Å². The molecular formula is C22H34IN3O4. The van der Waals surface area contributed by atoms with Crippen LogP contribution in [0.25, 0.3) is 0 Å². The van der Waals surface area contributed by atoms with Gasteiger partial charge in [0.1, 0.15) is 23.7 Å². The minimum Gasteiger partial charge on any atom is -0.494 e. The lowest BCUT2D eigenvalue weighted by atomic mass is 10.1. The summed E-state index contributed by atoms with van der Waals surface area (Å²) in [6.07, 6.45) is 3.67. The van der Waals surface area contributed by atoms with E-state index in [1.54, 1.807) is 0 Å². The molecule has 2 fully saturated rings. The molecule has 3 heterocycles. The van der Waals surface area contributed by atoms with Crippen LogP contribution in [0.4, 0.5) is 0 Å². The Balaban J connectivity index is 0.00000256. The van der Waals surface area contributed by atoms with E-state index < -0.39 is 0 Å². The Hall–Kier alpha value is -1.26. The van der Waals surface area contributed by atoms with Crippen LogP contribution >= 0.6 is 24.0 Å². The quantitative estimate of drug-likeness (QED) is 0.358. The number of rotatable bonds is 5. The normalized spacial score (nSPS) is 26.0. The van der Waals surface area contributed by atoms with E-state index in [0.29, 0.717) is 19.8 Å². The summed E-state index contributed by atoms with van der Waals surface area (Å²) in [6.45, 7) is 8.55. The predicted molar refractivity (Wildman–Crippen MR) is 127 cm³/mol. The fourth-order valence-corrected chi connectivity index (χ4v) is 4.40. The summed E-state index contributed by atoms with van der Waals surface area (Å²) in [5, 5.41) is 3.51. The van der Waals surface area contributed by atoms with Crippen LogP contribution in [0.15, 0.2) is 17.1 Å². The molecule has 3 atom stereocenters. The molecule has 1 aromatic carbocycles. The summed E-state index contributed by atoms with van der Waals surface area (Å²) < 4.78 is 23.7. The molecule has 0 saturated carbocycles. The van der Waals surface area contributed by atoms with E-state index in [1.165, 1.54) is 5.56 Å². The van der Waals surface area contributed by atoms with Gasteiger partial charge in [-0.1, -0.05) is 0 Å². The summed E-state index contributed by atoms with van der Waals surface area (Å²) in [4.78, 5) is 6.78. The summed E-state index contributed by atoms with van der Waals surface area (Å²) in [5.74, 6) is 2.78. The lowest BCUT2D eigenvalue weighted by molar-refractivity contribution is -0.0817. The molecule has 0 aromatic heterocycles. The van der Waals surface area contributed by atoms with Gasteiger partial charge < -0.3 is 29.2 Å². The van der Waals surface area contributed by atoms with Gasteiger partial charge in [-0.15, -0.1) is 24.0 Å². The molecule has 2 saturated heterocycles. The van der Waals surface area contributed by atoms with Crippen molar-refractivity contribution in [2.45, 2.75) is 58.0 Å². The fourth-order valence-electron chi connectivity index (χ4n) is 4.40. The van der Waals surface area contributed by atoms with E-state index in [-0.39, 0.29) is 42.3 Å². The molecule has 3 aliphatic heterocycles. The maximum Gasteiger partial charge on any atom is 0.194 e. The Bertz CT molecular complexity index is 739. The second-order valence-corrected chi connectivity index (χ2v) is 7.94. The van der Waals surface area contributed by atoms with Crippen LogP contribution < -0.4 is 14.8 Å². The number of halogens is 1. The van der Waals surface area contributed by atoms with Gasteiger partial charge in [0.25, 0.3) is 0 Å². The molecule has 168 valence electrons. The molecule has 1 N–H and O–H groups in total. The predicted octanol–water partition coefficient (Wildman–Crippen LogP) is 2.98. The fraction of sp³-hybridized carbons (Fsp3) is 0.682. The lowest BCUT2D eigenvalue weighted by Gasteiger charge is -2.37. The monoisotopic (exact) mass is 531 g/mol. The maximum atomic E-state index is 5.98. The van der Waals surface area contributed by atoms with Crippen LogP contribution in [0.2, 0.25) is 0 Å². The Labute approximate surface area is 196 Å². The van der Waals surface area contributed by atoms with Gasteiger partial charge in [0.05, 0.1) is 19.3 Å². The lowest BCUT2D eigenvalue weighted by Crippen LogP contribution is -2.53. The number of nitrogens with one attached hydrogen (secondary N) is 1. The van der Waals surface area contributed by atoms with Crippen molar-refractivity contribution in [1.82, 2.24) is 10.2 Å². The summed E-state index contributed by atoms with van der Waals surface area (Å²) in [6, 6.07) is 4.24. The molecule has 0 bridgehead atoms. The average molecular weight is 531 g/mol. The van der Waals surface area contributed by atoms with Gasteiger partial charge in [-0.25, -0.2) is 0 Å². The first-order valence-electron chi connectivity index (χ1n) is 10.8. The van der Waals surface area contributed by atoms with E-state index in [1.807, 2.05) is 14.0 Å². The first-order valence-corrected chi connectivity index (χ1v) is 10.8. The second kappa shape index (κ2) is 10.9. The van der Waals surface area contributed by atoms with Crippen molar-refractivity contribution < 1.29 is 18.9 Å². The molecule has 30 heavy (non-hydrogen) atoms. The first-order chi connectivity index (χ1) is 14.2. The summed E-state index contributed by atoms with van der Waals surface area (Å²) in [7, 11) is 1.83. The summed E-state index contributed by atoms with van der Waals surface area (Å²) in [5.41, 5.74) is 2.31. The molecule has 0 aliphatic carbocycles. The van der Waals surface area contributed by atoms with E-state index in [2.05, 4.69) is 34.3 Å². The van der Waals surface area contributed by atoms with Crippen molar-refractivity contribution in [2.75, 3.05) is 40.0 Å². The van der Waals surface area contributed by atoms with E-state index in [9.17, 15) is 0 Å². The number of ether oxygens (including phenoxy) is 4.